The lowest BCUT2D eigenvalue weighted by Gasteiger charge is -2.25. The number of ether oxygens (including phenoxy) is 1. The fraction of sp³-hybridized carbons (Fsp3) is 0.250. The van der Waals surface area contributed by atoms with E-state index in [4.69, 9.17) is 4.74 Å². The van der Waals surface area contributed by atoms with Crippen LogP contribution in [0.5, 0.6) is 5.75 Å². The highest BCUT2D eigenvalue weighted by Gasteiger charge is 2.19. The molecule has 2 aromatic carbocycles. The maximum Gasteiger partial charge on any atom is 0.128 e. The van der Waals surface area contributed by atoms with Gasteiger partial charge in [-0.15, -0.1) is 0 Å². The third kappa shape index (κ3) is 3.50. The van der Waals surface area contributed by atoms with Crippen LogP contribution < -0.4 is 10.1 Å². The van der Waals surface area contributed by atoms with Gasteiger partial charge >= 0.3 is 0 Å². The van der Waals surface area contributed by atoms with Crippen molar-refractivity contribution in [1.82, 2.24) is 9.78 Å². The SMILES string of the molecule is Fc1ccccc1Cn1nccc1NCC1COc2ccccc2C1. The van der Waals surface area contributed by atoms with Gasteiger partial charge in [0.25, 0.3) is 0 Å². The largest absolute Gasteiger partial charge is 0.493 e. The number of fused-ring (bicyclic) bond motifs is 1. The van der Waals surface area contributed by atoms with Crippen LogP contribution in [0.25, 0.3) is 0 Å². The fourth-order valence-corrected chi connectivity index (χ4v) is 3.17. The summed E-state index contributed by atoms with van der Waals surface area (Å²) >= 11 is 0. The number of benzene rings is 2. The van der Waals surface area contributed by atoms with E-state index in [0.29, 0.717) is 24.6 Å². The molecule has 1 aliphatic heterocycles. The maximum absolute atomic E-state index is 13.9. The van der Waals surface area contributed by atoms with E-state index in [1.54, 1.807) is 23.0 Å². The van der Waals surface area contributed by atoms with Crippen LogP contribution in [0.2, 0.25) is 0 Å². The Balaban J connectivity index is 1.40. The molecule has 1 atom stereocenters. The van der Waals surface area contributed by atoms with Gasteiger partial charge in [0.1, 0.15) is 17.4 Å². The Morgan fingerprint density at radius 3 is 2.88 bits per heavy atom. The number of nitrogens with zero attached hydrogens (tertiary/aromatic N) is 2. The molecule has 0 aliphatic carbocycles. The molecule has 3 aromatic rings. The minimum Gasteiger partial charge on any atom is -0.493 e. The van der Waals surface area contributed by atoms with Crippen LogP contribution >= 0.6 is 0 Å². The van der Waals surface area contributed by atoms with Crippen LogP contribution in [0, 0.1) is 11.7 Å². The van der Waals surface area contributed by atoms with Gasteiger partial charge in [-0.3, -0.25) is 0 Å². The normalized spacial score (nSPS) is 16.1. The highest BCUT2D eigenvalue weighted by Crippen LogP contribution is 2.27. The lowest BCUT2D eigenvalue weighted by molar-refractivity contribution is 0.229. The van der Waals surface area contributed by atoms with Crippen molar-refractivity contribution < 1.29 is 9.13 Å². The first-order valence-corrected chi connectivity index (χ1v) is 8.49. The lowest BCUT2D eigenvalue weighted by Crippen LogP contribution is -2.28. The first-order valence-electron chi connectivity index (χ1n) is 8.49. The van der Waals surface area contributed by atoms with Gasteiger partial charge in [-0.2, -0.15) is 5.10 Å². The van der Waals surface area contributed by atoms with Crippen molar-refractivity contribution >= 4 is 5.82 Å². The van der Waals surface area contributed by atoms with Gasteiger partial charge in [-0.25, -0.2) is 9.07 Å². The number of hydrogen-bond acceptors (Lipinski definition) is 3. The molecule has 2 heterocycles. The van der Waals surface area contributed by atoms with E-state index in [0.717, 1.165) is 24.5 Å². The molecule has 0 bridgehead atoms. The van der Waals surface area contributed by atoms with E-state index >= 15 is 0 Å². The van der Waals surface area contributed by atoms with E-state index < -0.39 is 0 Å². The van der Waals surface area contributed by atoms with Crippen LogP contribution in [0.4, 0.5) is 10.2 Å². The summed E-state index contributed by atoms with van der Waals surface area (Å²) in [6.07, 6.45) is 2.72. The molecule has 25 heavy (non-hydrogen) atoms. The molecule has 128 valence electrons. The van der Waals surface area contributed by atoms with Gasteiger partial charge in [0.05, 0.1) is 19.3 Å². The molecule has 0 saturated carbocycles. The molecule has 0 saturated heterocycles. The van der Waals surface area contributed by atoms with Crippen molar-refractivity contribution in [2.45, 2.75) is 13.0 Å². The quantitative estimate of drug-likeness (QED) is 0.771. The Labute approximate surface area is 146 Å². The second kappa shape index (κ2) is 6.97. The van der Waals surface area contributed by atoms with E-state index in [9.17, 15) is 4.39 Å². The van der Waals surface area contributed by atoms with Crippen molar-refractivity contribution in [3.63, 3.8) is 0 Å². The van der Waals surface area contributed by atoms with Crippen LogP contribution in [0.15, 0.2) is 60.8 Å². The zero-order valence-electron chi connectivity index (χ0n) is 13.9. The van der Waals surface area contributed by atoms with E-state index in [1.165, 1.54) is 11.6 Å². The topological polar surface area (TPSA) is 39.1 Å². The molecule has 1 unspecified atom stereocenters. The van der Waals surface area contributed by atoms with E-state index in [-0.39, 0.29) is 5.82 Å². The Kier molecular flexibility index (Phi) is 4.37. The van der Waals surface area contributed by atoms with Gasteiger partial charge in [0.15, 0.2) is 0 Å². The Bertz CT molecular complexity index is 861. The van der Waals surface area contributed by atoms with E-state index in [1.807, 2.05) is 30.3 Å². The molecule has 0 amide bonds. The predicted molar refractivity (Wildman–Crippen MR) is 95.3 cm³/mol. The second-order valence-electron chi connectivity index (χ2n) is 6.34. The lowest BCUT2D eigenvalue weighted by atomic mass is 9.97. The van der Waals surface area contributed by atoms with Crippen molar-refractivity contribution in [3.8, 4) is 5.75 Å². The van der Waals surface area contributed by atoms with Crippen LogP contribution in [0.1, 0.15) is 11.1 Å². The smallest absolute Gasteiger partial charge is 0.128 e. The molecular weight excluding hydrogens is 317 g/mol. The average molecular weight is 337 g/mol. The number of hydrogen-bond donors (Lipinski definition) is 1. The van der Waals surface area contributed by atoms with Gasteiger partial charge < -0.3 is 10.1 Å². The summed E-state index contributed by atoms with van der Waals surface area (Å²) in [4.78, 5) is 0. The number of rotatable bonds is 5. The van der Waals surface area contributed by atoms with Crippen LogP contribution in [-0.4, -0.2) is 22.9 Å². The summed E-state index contributed by atoms with van der Waals surface area (Å²) in [6, 6.07) is 16.9. The summed E-state index contributed by atoms with van der Waals surface area (Å²) < 4.78 is 21.5. The number of nitrogens with one attached hydrogen (secondary N) is 1. The predicted octanol–water partition coefficient (Wildman–Crippen LogP) is 3.73. The monoisotopic (exact) mass is 337 g/mol. The van der Waals surface area contributed by atoms with Gasteiger partial charge in [0.2, 0.25) is 0 Å². The third-order valence-corrected chi connectivity index (χ3v) is 4.52. The standard InChI is InChI=1S/C20H20FN3O/c21-18-7-3-1-6-17(18)13-24-20(9-10-23-24)22-12-15-11-16-5-2-4-8-19(16)25-14-15/h1-10,15,22H,11-14H2. The molecular formula is C20H20FN3O. The maximum atomic E-state index is 13.9. The highest BCUT2D eigenvalue weighted by atomic mass is 19.1. The minimum atomic E-state index is -0.207. The number of para-hydroxylation sites is 1. The average Bonchev–Trinajstić information content (AvgIpc) is 3.09. The summed E-state index contributed by atoms with van der Waals surface area (Å²) in [5.74, 6) is 2.07. The van der Waals surface area contributed by atoms with Gasteiger partial charge in [-0.1, -0.05) is 36.4 Å². The number of halogens is 1. The number of anilines is 1. The molecule has 0 radical (unpaired) electrons. The first-order chi connectivity index (χ1) is 12.3. The van der Waals surface area contributed by atoms with Gasteiger partial charge in [0, 0.05) is 24.1 Å². The fourth-order valence-electron chi connectivity index (χ4n) is 3.17. The number of aromatic nitrogens is 2. The Morgan fingerprint density at radius 2 is 1.96 bits per heavy atom. The van der Waals surface area contributed by atoms with Gasteiger partial charge in [-0.05, 0) is 24.1 Å². The molecule has 1 N–H and O–H groups in total. The van der Waals surface area contributed by atoms with Crippen LogP contribution in [-0.2, 0) is 13.0 Å². The van der Waals surface area contributed by atoms with E-state index in [2.05, 4.69) is 16.5 Å². The minimum absolute atomic E-state index is 0.207. The summed E-state index contributed by atoms with van der Waals surface area (Å²) in [7, 11) is 0. The molecule has 1 aromatic heterocycles. The molecule has 4 nitrogen and oxygen atoms in total. The molecule has 4 rings (SSSR count). The zero-order chi connectivity index (χ0) is 17.1. The van der Waals surface area contributed by atoms with Crippen molar-refractivity contribution in [3.05, 3.63) is 77.7 Å². The Morgan fingerprint density at radius 1 is 1.12 bits per heavy atom. The summed E-state index contributed by atoms with van der Waals surface area (Å²) in [5.41, 5.74) is 1.88. The summed E-state index contributed by atoms with van der Waals surface area (Å²) in [6.45, 7) is 1.90. The zero-order valence-corrected chi connectivity index (χ0v) is 13.9. The molecule has 1 aliphatic rings. The highest BCUT2D eigenvalue weighted by molar-refractivity contribution is 5.37. The Hall–Kier alpha value is -2.82. The summed E-state index contributed by atoms with van der Waals surface area (Å²) in [5, 5.41) is 7.74. The second-order valence-corrected chi connectivity index (χ2v) is 6.34. The first kappa shape index (κ1) is 15.7. The molecule has 5 heteroatoms. The van der Waals surface area contributed by atoms with Crippen molar-refractivity contribution in [2.75, 3.05) is 18.5 Å². The van der Waals surface area contributed by atoms with Crippen LogP contribution in [0.3, 0.4) is 0 Å². The van der Waals surface area contributed by atoms with Crippen molar-refractivity contribution in [2.24, 2.45) is 5.92 Å². The third-order valence-electron chi connectivity index (χ3n) is 4.52. The molecule has 0 spiro atoms. The van der Waals surface area contributed by atoms with Crippen molar-refractivity contribution in [1.29, 1.82) is 0 Å². The molecule has 0 fully saturated rings.